The van der Waals surface area contributed by atoms with Crippen LogP contribution < -0.4 is 4.74 Å². The Kier molecular flexibility index (Phi) is 2.41. The molecule has 0 saturated carbocycles. The van der Waals surface area contributed by atoms with Gasteiger partial charge in [0.15, 0.2) is 0 Å². The summed E-state index contributed by atoms with van der Waals surface area (Å²) < 4.78 is 10.00. The first-order valence-electron chi connectivity index (χ1n) is 4.05. The van der Waals surface area contributed by atoms with Crippen LogP contribution in [-0.2, 0) is 0 Å². The molecule has 0 aliphatic carbocycles. The largest absolute Gasteiger partial charge is 0.497 e. The average molecular weight is 210 g/mol. The van der Waals surface area contributed by atoms with Crippen molar-refractivity contribution in [3.8, 4) is 17.0 Å². The first kappa shape index (κ1) is 9.09. The van der Waals surface area contributed by atoms with Gasteiger partial charge in [-0.2, -0.15) is 4.98 Å². The molecule has 0 radical (unpaired) electrons. The van der Waals surface area contributed by atoms with Gasteiger partial charge in [-0.25, -0.2) is 0 Å². The number of hydrogen-bond acceptors (Lipinski definition) is 3. The number of hydrogen-bond donors (Lipinski definition) is 0. The second-order valence-corrected chi connectivity index (χ2v) is 3.04. The molecule has 1 aromatic heterocycles. The molecule has 4 heteroatoms. The molecule has 14 heavy (non-hydrogen) atoms. The summed E-state index contributed by atoms with van der Waals surface area (Å²) >= 11 is 5.57. The van der Waals surface area contributed by atoms with Gasteiger partial charge < -0.3 is 9.15 Å². The van der Waals surface area contributed by atoms with Crippen molar-refractivity contribution in [3.63, 3.8) is 0 Å². The Morgan fingerprint density at radius 3 is 2.93 bits per heavy atom. The fourth-order valence-corrected chi connectivity index (χ4v) is 1.30. The first-order valence-corrected chi connectivity index (χ1v) is 4.43. The third-order valence-corrected chi connectivity index (χ3v) is 2.02. The van der Waals surface area contributed by atoms with E-state index in [9.17, 15) is 0 Å². The zero-order chi connectivity index (χ0) is 9.97. The van der Waals surface area contributed by atoms with Crippen molar-refractivity contribution >= 4 is 11.6 Å². The molecule has 2 aromatic rings. The Morgan fingerprint density at radius 2 is 2.29 bits per heavy atom. The van der Waals surface area contributed by atoms with Gasteiger partial charge in [-0.05, 0) is 23.7 Å². The standard InChI is InChI=1S/C10H8ClNO2/c1-13-8-4-2-3-7(5-8)9-6-14-10(11)12-9/h2-6H,1H3. The van der Waals surface area contributed by atoms with Gasteiger partial charge >= 0.3 is 0 Å². The smallest absolute Gasteiger partial charge is 0.292 e. The van der Waals surface area contributed by atoms with Crippen LogP contribution in [0, 0.1) is 0 Å². The van der Waals surface area contributed by atoms with Gasteiger partial charge in [0.05, 0.1) is 7.11 Å². The molecule has 0 spiro atoms. The zero-order valence-electron chi connectivity index (χ0n) is 7.53. The highest BCUT2D eigenvalue weighted by molar-refractivity contribution is 6.27. The summed E-state index contributed by atoms with van der Waals surface area (Å²) in [5, 5.41) is 0.141. The maximum absolute atomic E-state index is 5.57. The van der Waals surface area contributed by atoms with Gasteiger partial charge in [0.1, 0.15) is 17.7 Å². The van der Waals surface area contributed by atoms with E-state index in [0.717, 1.165) is 11.3 Å². The molecule has 72 valence electrons. The van der Waals surface area contributed by atoms with Crippen molar-refractivity contribution in [1.82, 2.24) is 4.98 Å². The molecule has 0 N–H and O–H groups in total. The third-order valence-electron chi connectivity index (χ3n) is 1.84. The van der Waals surface area contributed by atoms with Gasteiger partial charge in [-0.3, -0.25) is 0 Å². The van der Waals surface area contributed by atoms with Crippen molar-refractivity contribution in [3.05, 3.63) is 35.9 Å². The normalized spacial score (nSPS) is 10.1. The second-order valence-electron chi connectivity index (χ2n) is 2.72. The Balaban J connectivity index is 2.41. The van der Waals surface area contributed by atoms with Crippen LogP contribution in [0.3, 0.4) is 0 Å². The van der Waals surface area contributed by atoms with E-state index in [4.69, 9.17) is 20.8 Å². The Hall–Kier alpha value is -1.48. The van der Waals surface area contributed by atoms with Gasteiger partial charge in [0.25, 0.3) is 5.35 Å². The molecule has 0 aliphatic rings. The summed E-state index contributed by atoms with van der Waals surface area (Å²) in [6, 6.07) is 7.53. The fourth-order valence-electron chi connectivity index (χ4n) is 1.17. The number of ether oxygens (including phenoxy) is 1. The second kappa shape index (κ2) is 3.72. The third kappa shape index (κ3) is 1.72. The number of rotatable bonds is 2. The predicted molar refractivity (Wildman–Crippen MR) is 53.5 cm³/mol. The molecule has 1 aromatic carbocycles. The van der Waals surface area contributed by atoms with E-state index >= 15 is 0 Å². The minimum Gasteiger partial charge on any atom is -0.497 e. The summed E-state index contributed by atoms with van der Waals surface area (Å²) in [5.74, 6) is 0.779. The van der Waals surface area contributed by atoms with E-state index in [1.54, 1.807) is 7.11 Å². The molecule has 0 bridgehead atoms. The highest BCUT2D eigenvalue weighted by Gasteiger charge is 2.04. The van der Waals surface area contributed by atoms with Crippen LogP contribution in [0.25, 0.3) is 11.3 Å². The Morgan fingerprint density at radius 1 is 1.43 bits per heavy atom. The number of methoxy groups -OCH3 is 1. The maximum atomic E-state index is 5.57. The van der Waals surface area contributed by atoms with Crippen LogP contribution >= 0.6 is 11.6 Å². The van der Waals surface area contributed by atoms with Crippen LogP contribution in [0.5, 0.6) is 5.75 Å². The molecule has 0 unspecified atom stereocenters. The number of halogens is 1. The number of nitrogens with zero attached hydrogens (tertiary/aromatic N) is 1. The maximum Gasteiger partial charge on any atom is 0.292 e. The highest BCUT2D eigenvalue weighted by Crippen LogP contribution is 2.24. The van der Waals surface area contributed by atoms with Gasteiger partial charge in [-0.15, -0.1) is 0 Å². The van der Waals surface area contributed by atoms with Crippen LogP contribution in [0.1, 0.15) is 0 Å². The molecule has 2 rings (SSSR count). The molecule has 1 heterocycles. The molecule has 0 amide bonds. The van der Waals surface area contributed by atoms with Gasteiger partial charge in [-0.1, -0.05) is 12.1 Å². The lowest BCUT2D eigenvalue weighted by Crippen LogP contribution is -1.83. The lowest BCUT2D eigenvalue weighted by Gasteiger charge is -2.00. The van der Waals surface area contributed by atoms with E-state index < -0.39 is 0 Å². The lowest BCUT2D eigenvalue weighted by atomic mass is 10.2. The molecule has 0 aliphatic heterocycles. The van der Waals surface area contributed by atoms with Crippen LogP contribution in [-0.4, -0.2) is 12.1 Å². The SMILES string of the molecule is COc1cccc(-c2coc(Cl)n2)c1. The summed E-state index contributed by atoms with van der Waals surface area (Å²) in [5.41, 5.74) is 1.62. The fraction of sp³-hybridized carbons (Fsp3) is 0.100. The highest BCUT2D eigenvalue weighted by atomic mass is 35.5. The average Bonchev–Trinajstić information content (AvgIpc) is 2.65. The molecule has 0 atom stereocenters. The number of oxazole rings is 1. The topological polar surface area (TPSA) is 35.3 Å². The molecule has 0 fully saturated rings. The van der Waals surface area contributed by atoms with Gasteiger partial charge in [0.2, 0.25) is 0 Å². The number of aromatic nitrogens is 1. The minimum absolute atomic E-state index is 0.141. The van der Waals surface area contributed by atoms with E-state index in [-0.39, 0.29) is 5.35 Å². The van der Waals surface area contributed by atoms with Crippen molar-refractivity contribution in [1.29, 1.82) is 0 Å². The lowest BCUT2D eigenvalue weighted by molar-refractivity contribution is 0.415. The Bertz CT molecular complexity index is 439. The monoisotopic (exact) mass is 209 g/mol. The molecule has 3 nitrogen and oxygen atoms in total. The Labute approximate surface area is 86.3 Å². The van der Waals surface area contributed by atoms with Crippen molar-refractivity contribution in [2.45, 2.75) is 0 Å². The minimum atomic E-state index is 0.141. The van der Waals surface area contributed by atoms with E-state index in [0.29, 0.717) is 5.69 Å². The van der Waals surface area contributed by atoms with E-state index in [1.165, 1.54) is 6.26 Å². The van der Waals surface area contributed by atoms with Gasteiger partial charge in [0, 0.05) is 5.56 Å². The van der Waals surface area contributed by atoms with E-state index in [2.05, 4.69) is 4.98 Å². The quantitative estimate of drug-likeness (QED) is 0.763. The molecular formula is C10H8ClNO2. The molecule has 0 saturated heterocycles. The zero-order valence-corrected chi connectivity index (χ0v) is 8.28. The van der Waals surface area contributed by atoms with Crippen LogP contribution in [0.2, 0.25) is 5.35 Å². The first-order chi connectivity index (χ1) is 6.79. The number of benzene rings is 1. The predicted octanol–water partition coefficient (Wildman–Crippen LogP) is 3.00. The van der Waals surface area contributed by atoms with Crippen LogP contribution in [0.15, 0.2) is 34.9 Å². The van der Waals surface area contributed by atoms with Crippen molar-refractivity contribution in [2.24, 2.45) is 0 Å². The van der Waals surface area contributed by atoms with Crippen molar-refractivity contribution < 1.29 is 9.15 Å². The van der Waals surface area contributed by atoms with Crippen LogP contribution in [0.4, 0.5) is 0 Å². The van der Waals surface area contributed by atoms with Crippen molar-refractivity contribution in [2.75, 3.05) is 7.11 Å². The summed E-state index contributed by atoms with van der Waals surface area (Å²) in [7, 11) is 1.62. The summed E-state index contributed by atoms with van der Waals surface area (Å²) in [6.45, 7) is 0. The molecular weight excluding hydrogens is 202 g/mol. The van der Waals surface area contributed by atoms with E-state index in [1.807, 2.05) is 24.3 Å². The summed E-state index contributed by atoms with van der Waals surface area (Å²) in [6.07, 6.45) is 1.51. The summed E-state index contributed by atoms with van der Waals surface area (Å²) in [4.78, 5) is 4.00.